The molecule has 1 N–H and O–H groups in total. The van der Waals surface area contributed by atoms with Crippen LogP contribution in [0.15, 0.2) is 89.5 Å². The molecule has 0 radical (unpaired) electrons. The molecule has 5 nitrogen and oxygen atoms in total. The molecule has 4 rings (SSSR count). The summed E-state index contributed by atoms with van der Waals surface area (Å²) in [4.78, 5) is 27.9. The fourth-order valence-electron chi connectivity index (χ4n) is 3.90. The van der Waals surface area contributed by atoms with Gasteiger partial charge in [-0.3, -0.25) is 14.5 Å². The first kappa shape index (κ1) is 24.2. The van der Waals surface area contributed by atoms with Crippen molar-refractivity contribution in [2.45, 2.75) is 25.0 Å². The second-order valence-electron chi connectivity index (χ2n) is 8.17. The number of anilines is 1. The third-order valence-corrected chi connectivity index (χ3v) is 7.06. The fraction of sp³-hybridized carbons (Fsp3) is 0.179. The number of rotatable bonds is 7. The Bertz CT molecular complexity index is 1300. The normalized spacial score (nSPS) is 16.7. The van der Waals surface area contributed by atoms with E-state index in [0.29, 0.717) is 25.1 Å². The SMILES string of the molecule is Cc1ccccc1C[C@H]1S/C(=C(/C#N)C(=O)NCCc2ccccc2)N(c2ccc(F)cc2)C1=O. The highest BCUT2D eigenvalue weighted by molar-refractivity contribution is 8.05. The van der Waals surface area contributed by atoms with E-state index in [2.05, 4.69) is 5.32 Å². The number of nitrogens with one attached hydrogen (secondary N) is 1. The standard InChI is InChI=1S/C28H24FN3O2S/c1-19-7-5-6-10-21(19)17-25-27(34)32(23-13-11-22(29)12-14-23)28(35-25)24(18-30)26(33)31-16-15-20-8-3-2-4-9-20/h2-14,25H,15-17H2,1H3,(H,31,33)/b28-24-/t25-/m1/s1. The van der Waals surface area contributed by atoms with Crippen LogP contribution in [0.2, 0.25) is 0 Å². The maximum Gasteiger partial charge on any atom is 0.264 e. The maximum atomic E-state index is 13.6. The van der Waals surface area contributed by atoms with E-state index in [4.69, 9.17) is 0 Å². The molecular weight excluding hydrogens is 461 g/mol. The quantitative estimate of drug-likeness (QED) is 0.381. The van der Waals surface area contributed by atoms with Gasteiger partial charge in [0.1, 0.15) is 22.5 Å². The molecule has 3 aromatic carbocycles. The van der Waals surface area contributed by atoms with Gasteiger partial charge in [-0.25, -0.2) is 4.39 Å². The Kier molecular flexibility index (Phi) is 7.64. The van der Waals surface area contributed by atoms with Gasteiger partial charge < -0.3 is 5.32 Å². The van der Waals surface area contributed by atoms with Crippen LogP contribution in [0.25, 0.3) is 0 Å². The number of carbonyl (C=O) groups is 2. The van der Waals surface area contributed by atoms with Crippen LogP contribution >= 0.6 is 11.8 Å². The minimum atomic E-state index is -0.539. The molecule has 3 aromatic rings. The molecule has 1 saturated heterocycles. The summed E-state index contributed by atoms with van der Waals surface area (Å²) in [5, 5.41) is 12.5. The van der Waals surface area contributed by atoms with Crippen LogP contribution in [0.1, 0.15) is 16.7 Å². The zero-order valence-electron chi connectivity index (χ0n) is 19.2. The first-order chi connectivity index (χ1) is 17.0. The maximum absolute atomic E-state index is 13.6. The van der Waals surface area contributed by atoms with Crippen molar-refractivity contribution in [3.05, 3.63) is 112 Å². The van der Waals surface area contributed by atoms with Gasteiger partial charge in [-0.1, -0.05) is 66.4 Å². The number of thioether (sulfide) groups is 1. The Labute approximate surface area is 208 Å². The zero-order chi connectivity index (χ0) is 24.8. The molecular formula is C28H24FN3O2S. The molecule has 1 aliphatic heterocycles. The topological polar surface area (TPSA) is 73.2 Å². The van der Waals surface area contributed by atoms with E-state index in [1.54, 1.807) is 0 Å². The van der Waals surface area contributed by atoms with E-state index >= 15 is 0 Å². The van der Waals surface area contributed by atoms with Crippen LogP contribution in [0.5, 0.6) is 0 Å². The number of nitrogens with zero attached hydrogens (tertiary/aromatic N) is 2. The molecule has 35 heavy (non-hydrogen) atoms. The van der Waals surface area contributed by atoms with E-state index in [9.17, 15) is 19.2 Å². The zero-order valence-corrected chi connectivity index (χ0v) is 20.0. The van der Waals surface area contributed by atoms with E-state index in [0.717, 1.165) is 16.7 Å². The molecule has 0 aromatic heterocycles. The first-order valence-electron chi connectivity index (χ1n) is 11.2. The number of aryl methyl sites for hydroxylation is 1. The Morgan fingerprint density at radius 1 is 1.06 bits per heavy atom. The minimum Gasteiger partial charge on any atom is -0.351 e. The van der Waals surface area contributed by atoms with Crippen molar-refractivity contribution in [1.29, 1.82) is 5.26 Å². The van der Waals surface area contributed by atoms with Gasteiger partial charge in [0, 0.05) is 12.2 Å². The van der Waals surface area contributed by atoms with Crippen LogP contribution in [0.4, 0.5) is 10.1 Å². The van der Waals surface area contributed by atoms with Gasteiger partial charge in [0.2, 0.25) is 5.91 Å². The largest absolute Gasteiger partial charge is 0.351 e. The molecule has 1 atom stereocenters. The predicted octanol–water partition coefficient (Wildman–Crippen LogP) is 4.92. The lowest BCUT2D eigenvalue weighted by Crippen LogP contribution is -2.32. The monoisotopic (exact) mass is 485 g/mol. The van der Waals surface area contributed by atoms with E-state index in [1.165, 1.54) is 40.9 Å². The summed E-state index contributed by atoms with van der Waals surface area (Å²) in [6, 6.07) is 25.0. The molecule has 7 heteroatoms. The number of halogens is 1. The number of carbonyl (C=O) groups excluding carboxylic acids is 2. The second-order valence-corrected chi connectivity index (χ2v) is 9.36. The summed E-state index contributed by atoms with van der Waals surface area (Å²) in [7, 11) is 0. The van der Waals surface area contributed by atoms with Crippen molar-refractivity contribution in [2.24, 2.45) is 0 Å². The van der Waals surface area contributed by atoms with Crippen molar-refractivity contribution >= 4 is 29.3 Å². The summed E-state index contributed by atoms with van der Waals surface area (Å²) in [6.07, 6.45) is 1.07. The molecule has 0 spiro atoms. The van der Waals surface area contributed by atoms with Gasteiger partial charge in [-0.15, -0.1) is 0 Å². The second kappa shape index (κ2) is 11.0. The number of nitriles is 1. The third kappa shape index (κ3) is 5.61. The average Bonchev–Trinajstić information content (AvgIpc) is 3.17. The van der Waals surface area contributed by atoms with Crippen LogP contribution in [-0.4, -0.2) is 23.6 Å². The van der Waals surface area contributed by atoms with Crippen LogP contribution in [-0.2, 0) is 22.4 Å². The highest BCUT2D eigenvalue weighted by Gasteiger charge is 2.40. The van der Waals surface area contributed by atoms with Gasteiger partial charge >= 0.3 is 0 Å². The smallest absolute Gasteiger partial charge is 0.264 e. The molecule has 1 heterocycles. The first-order valence-corrected chi connectivity index (χ1v) is 12.1. The molecule has 176 valence electrons. The Balaban J connectivity index is 1.62. The summed E-state index contributed by atoms with van der Waals surface area (Å²) >= 11 is 1.20. The highest BCUT2D eigenvalue weighted by Crippen LogP contribution is 2.42. The summed E-state index contributed by atoms with van der Waals surface area (Å²) in [5.74, 6) is -1.22. The lowest BCUT2D eigenvalue weighted by molar-refractivity contribution is -0.117. The Hall–Kier alpha value is -3.89. The van der Waals surface area contributed by atoms with Gasteiger partial charge in [0.15, 0.2) is 0 Å². The lowest BCUT2D eigenvalue weighted by Gasteiger charge is -2.18. The Morgan fingerprint density at radius 3 is 2.43 bits per heavy atom. The summed E-state index contributed by atoms with van der Waals surface area (Å²) in [6.45, 7) is 2.33. The molecule has 0 aliphatic carbocycles. The molecule has 2 amide bonds. The van der Waals surface area contributed by atoms with Gasteiger partial charge in [-0.05, 0) is 60.7 Å². The van der Waals surface area contributed by atoms with E-state index in [-0.39, 0.29) is 16.5 Å². The summed E-state index contributed by atoms with van der Waals surface area (Å²) < 4.78 is 13.6. The number of benzene rings is 3. The van der Waals surface area contributed by atoms with Gasteiger partial charge in [0.25, 0.3) is 5.91 Å². The molecule has 0 saturated carbocycles. The van der Waals surface area contributed by atoms with Gasteiger partial charge in [-0.2, -0.15) is 5.26 Å². The fourth-order valence-corrected chi connectivity index (χ4v) is 5.20. The number of hydrogen-bond donors (Lipinski definition) is 1. The van der Waals surface area contributed by atoms with E-state index in [1.807, 2.05) is 67.6 Å². The van der Waals surface area contributed by atoms with Crippen molar-refractivity contribution in [2.75, 3.05) is 11.4 Å². The number of hydrogen-bond acceptors (Lipinski definition) is 4. The van der Waals surface area contributed by atoms with Crippen LogP contribution < -0.4 is 10.2 Å². The molecule has 1 fully saturated rings. The van der Waals surface area contributed by atoms with Crippen molar-refractivity contribution < 1.29 is 14.0 Å². The third-order valence-electron chi connectivity index (χ3n) is 5.80. The summed E-state index contributed by atoms with van der Waals surface area (Å²) in [5.41, 5.74) is 3.43. The van der Waals surface area contributed by atoms with Crippen molar-refractivity contribution in [1.82, 2.24) is 5.32 Å². The molecule has 0 unspecified atom stereocenters. The lowest BCUT2D eigenvalue weighted by atomic mass is 10.0. The van der Waals surface area contributed by atoms with E-state index < -0.39 is 17.0 Å². The average molecular weight is 486 g/mol. The molecule has 1 aliphatic rings. The van der Waals surface area contributed by atoms with Crippen molar-refractivity contribution in [3.8, 4) is 6.07 Å². The highest BCUT2D eigenvalue weighted by atomic mass is 32.2. The minimum absolute atomic E-state index is 0.131. The molecule has 0 bridgehead atoms. The predicted molar refractivity (Wildman–Crippen MR) is 136 cm³/mol. The van der Waals surface area contributed by atoms with Crippen LogP contribution in [0.3, 0.4) is 0 Å². The van der Waals surface area contributed by atoms with Crippen molar-refractivity contribution in [3.63, 3.8) is 0 Å². The number of amides is 2. The van der Waals surface area contributed by atoms with Crippen LogP contribution in [0, 0.1) is 24.1 Å². The Morgan fingerprint density at radius 2 is 1.74 bits per heavy atom. The van der Waals surface area contributed by atoms with Gasteiger partial charge in [0.05, 0.1) is 5.25 Å².